The van der Waals surface area contributed by atoms with Crippen LogP contribution in [0.5, 0.6) is 5.88 Å². The van der Waals surface area contributed by atoms with Crippen LogP contribution in [-0.2, 0) is 33.2 Å². The molecular weight excluding hydrogens is 512 g/mol. The van der Waals surface area contributed by atoms with Gasteiger partial charge in [-0.1, -0.05) is 30.7 Å². The van der Waals surface area contributed by atoms with Crippen LogP contribution in [0.15, 0.2) is 65.7 Å². The van der Waals surface area contributed by atoms with Crippen LogP contribution in [0.3, 0.4) is 0 Å². The number of sulfone groups is 1. The molecule has 8 nitrogen and oxygen atoms in total. The third-order valence-electron chi connectivity index (χ3n) is 5.97. The van der Waals surface area contributed by atoms with Gasteiger partial charge in [-0.25, -0.2) is 18.4 Å². The molecule has 2 aromatic carbocycles. The summed E-state index contributed by atoms with van der Waals surface area (Å²) in [6.45, 7) is 8.17. The quantitative estimate of drug-likeness (QED) is 0.305. The van der Waals surface area contributed by atoms with Gasteiger partial charge in [0.1, 0.15) is 0 Å². The highest BCUT2D eigenvalue weighted by Crippen LogP contribution is 2.30. The Balaban J connectivity index is 1.52. The topological polar surface area (TPSA) is 103 Å². The highest BCUT2D eigenvalue weighted by molar-refractivity contribution is 7.91. The van der Waals surface area contributed by atoms with Crippen molar-refractivity contribution >= 4 is 44.1 Å². The summed E-state index contributed by atoms with van der Waals surface area (Å²) in [4.78, 5) is 22.0. The molecule has 37 heavy (non-hydrogen) atoms. The van der Waals surface area contributed by atoms with Crippen molar-refractivity contribution in [3.05, 3.63) is 77.2 Å². The maximum Gasteiger partial charge on any atom is 0.228 e. The number of hydrogen-bond acceptors (Lipinski definition) is 6. The van der Waals surface area contributed by atoms with Gasteiger partial charge in [-0.2, -0.15) is 0 Å². The Morgan fingerprint density at radius 1 is 1.08 bits per heavy atom. The molecule has 0 atom stereocenters. The lowest BCUT2D eigenvalue weighted by molar-refractivity contribution is -0.115. The van der Waals surface area contributed by atoms with Crippen LogP contribution in [0.2, 0.25) is 5.02 Å². The van der Waals surface area contributed by atoms with E-state index in [0.29, 0.717) is 23.1 Å². The van der Waals surface area contributed by atoms with Crippen molar-refractivity contribution in [3.8, 4) is 5.88 Å². The molecule has 10 heteroatoms. The monoisotopic (exact) mass is 540 g/mol. The average molecular weight is 541 g/mol. The number of aromatic nitrogens is 3. The van der Waals surface area contributed by atoms with Crippen LogP contribution in [0.25, 0.3) is 11.0 Å². The summed E-state index contributed by atoms with van der Waals surface area (Å²) in [5.41, 5.74) is 2.21. The van der Waals surface area contributed by atoms with E-state index in [1.165, 1.54) is 18.3 Å². The van der Waals surface area contributed by atoms with E-state index in [1.807, 2.05) is 39.0 Å². The zero-order chi connectivity index (χ0) is 26.8. The van der Waals surface area contributed by atoms with Crippen molar-refractivity contribution in [1.82, 2.24) is 14.5 Å². The Kier molecular flexibility index (Phi) is 7.57. The molecule has 0 spiro atoms. The summed E-state index contributed by atoms with van der Waals surface area (Å²) in [7, 11) is -3.27. The smallest absolute Gasteiger partial charge is 0.228 e. The van der Waals surface area contributed by atoms with Crippen molar-refractivity contribution in [1.29, 1.82) is 0 Å². The molecule has 2 aromatic heterocycles. The SMILES string of the molecule is CCn1c(C(C)(C)Oc2ccc(Cl)cn2)nc2cc(NC(=O)Cc3ccc(S(=O)(=O)CC)cc3)ccc21. The lowest BCUT2D eigenvalue weighted by Crippen LogP contribution is -2.30. The van der Waals surface area contributed by atoms with E-state index >= 15 is 0 Å². The van der Waals surface area contributed by atoms with Crippen molar-refractivity contribution < 1.29 is 17.9 Å². The largest absolute Gasteiger partial charge is 0.463 e. The maximum absolute atomic E-state index is 12.7. The Morgan fingerprint density at radius 3 is 2.43 bits per heavy atom. The fourth-order valence-electron chi connectivity index (χ4n) is 4.09. The molecule has 1 amide bonds. The first kappa shape index (κ1) is 26.6. The highest BCUT2D eigenvalue weighted by Gasteiger charge is 2.30. The predicted molar refractivity (Wildman–Crippen MR) is 145 cm³/mol. The number of nitrogens with one attached hydrogen (secondary N) is 1. The number of amides is 1. The molecule has 0 aliphatic carbocycles. The fraction of sp³-hybridized carbons (Fsp3) is 0.296. The van der Waals surface area contributed by atoms with Gasteiger partial charge in [0.25, 0.3) is 0 Å². The van der Waals surface area contributed by atoms with Crippen molar-refractivity contribution in [3.63, 3.8) is 0 Å². The molecule has 4 rings (SSSR count). The molecule has 0 saturated heterocycles. The molecule has 0 unspecified atom stereocenters. The second-order valence-corrected chi connectivity index (χ2v) is 11.8. The predicted octanol–water partition coefficient (Wildman–Crippen LogP) is 5.39. The summed E-state index contributed by atoms with van der Waals surface area (Å²) in [6.07, 6.45) is 1.65. The maximum atomic E-state index is 12.7. The van der Waals surface area contributed by atoms with E-state index in [9.17, 15) is 13.2 Å². The van der Waals surface area contributed by atoms with Crippen LogP contribution in [0.1, 0.15) is 39.1 Å². The number of imidazole rings is 1. The number of benzene rings is 2. The lowest BCUT2D eigenvalue weighted by Gasteiger charge is -2.26. The van der Waals surface area contributed by atoms with Gasteiger partial charge in [-0.05, 0) is 62.7 Å². The minimum absolute atomic E-state index is 0.0339. The van der Waals surface area contributed by atoms with Crippen molar-refractivity contribution in [2.24, 2.45) is 0 Å². The molecular formula is C27H29ClN4O4S. The number of halogens is 1. The minimum atomic E-state index is -3.27. The minimum Gasteiger partial charge on any atom is -0.463 e. The van der Waals surface area contributed by atoms with Gasteiger partial charge in [0.15, 0.2) is 21.3 Å². The van der Waals surface area contributed by atoms with Gasteiger partial charge in [0.05, 0.1) is 33.1 Å². The first-order valence-corrected chi connectivity index (χ1v) is 14.0. The molecule has 0 aliphatic rings. The number of carbonyl (C=O) groups is 1. The first-order valence-electron chi connectivity index (χ1n) is 12.0. The number of aryl methyl sites for hydroxylation is 1. The third-order valence-corrected chi connectivity index (χ3v) is 7.95. The third kappa shape index (κ3) is 5.94. The normalized spacial score (nSPS) is 12.0. The number of carbonyl (C=O) groups excluding carboxylic acids is 1. The van der Waals surface area contributed by atoms with Gasteiger partial charge >= 0.3 is 0 Å². The molecule has 1 N–H and O–H groups in total. The van der Waals surface area contributed by atoms with Crippen molar-refractivity contribution in [2.45, 2.75) is 51.2 Å². The van der Waals surface area contributed by atoms with Crippen LogP contribution in [-0.4, -0.2) is 34.6 Å². The number of ether oxygens (including phenoxy) is 1. The number of pyridine rings is 1. The number of anilines is 1. The number of rotatable bonds is 9. The molecule has 4 aromatic rings. The summed E-state index contributed by atoms with van der Waals surface area (Å²) < 4.78 is 32.2. The van der Waals surface area contributed by atoms with E-state index < -0.39 is 15.4 Å². The standard InChI is InChI=1S/C27H29ClN4O4S/c1-5-32-23-13-10-20(30-24(33)15-18-7-11-21(12-8-18)37(34,35)6-2)16-22(23)31-26(32)27(3,4)36-25-14-9-19(28)17-29-25/h7-14,16-17H,5-6,15H2,1-4H3,(H,30,33). The molecule has 0 radical (unpaired) electrons. The van der Waals surface area contributed by atoms with Gasteiger partial charge in [-0.15, -0.1) is 0 Å². The summed E-state index contributed by atoms with van der Waals surface area (Å²) in [5, 5.41) is 3.44. The summed E-state index contributed by atoms with van der Waals surface area (Å²) in [6, 6.07) is 15.4. The van der Waals surface area contributed by atoms with E-state index in [1.54, 1.807) is 31.2 Å². The number of hydrogen-bond donors (Lipinski definition) is 1. The van der Waals surface area contributed by atoms with E-state index in [-0.39, 0.29) is 23.0 Å². The fourth-order valence-corrected chi connectivity index (χ4v) is 5.08. The molecule has 0 bridgehead atoms. The van der Waals surface area contributed by atoms with E-state index in [2.05, 4.69) is 14.9 Å². The lowest BCUT2D eigenvalue weighted by atomic mass is 10.1. The summed E-state index contributed by atoms with van der Waals surface area (Å²) in [5.74, 6) is 0.995. The highest BCUT2D eigenvalue weighted by atomic mass is 35.5. The van der Waals surface area contributed by atoms with Crippen LogP contribution in [0, 0.1) is 0 Å². The Morgan fingerprint density at radius 2 is 1.81 bits per heavy atom. The van der Waals surface area contributed by atoms with Crippen molar-refractivity contribution in [2.75, 3.05) is 11.1 Å². The average Bonchev–Trinajstić information content (AvgIpc) is 3.24. The Labute approximate surface area is 221 Å². The van der Waals surface area contributed by atoms with Crippen LogP contribution in [0.4, 0.5) is 5.69 Å². The van der Waals surface area contributed by atoms with Crippen LogP contribution < -0.4 is 10.1 Å². The van der Waals surface area contributed by atoms with Gasteiger partial charge in [-0.3, -0.25) is 4.79 Å². The first-order chi connectivity index (χ1) is 17.5. The zero-order valence-corrected chi connectivity index (χ0v) is 22.7. The van der Waals surface area contributed by atoms with Gasteiger partial charge < -0.3 is 14.6 Å². The number of nitrogens with zero attached hydrogens (tertiary/aromatic N) is 3. The molecule has 0 aliphatic heterocycles. The zero-order valence-electron chi connectivity index (χ0n) is 21.2. The molecule has 2 heterocycles. The molecule has 0 saturated carbocycles. The Hall–Kier alpha value is -3.43. The van der Waals surface area contributed by atoms with Crippen LogP contribution >= 0.6 is 11.6 Å². The molecule has 194 valence electrons. The number of fused-ring (bicyclic) bond motifs is 1. The summed E-state index contributed by atoms with van der Waals surface area (Å²) >= 11 is 5.94. The van der Waals surface area contributed by atoms with E-state index in [4.69, 9.17) is 21.3 Å². The molecule has 0 fully saturated rings. The van der Waals surface area contributed by atoms with Gasteiger partial charge in [0, 0.05) is 24.5 Å². The Bertz CT molecular complexity index is 1530. The van der Waals surface area contributed by atoms with Gasteiger partial charge in [0.2, 0.25) is 11.8 Å². The second-order valence-electron chi connectivity index (χ2n) is 9.08. The second kappa shape index (κ2) is 10.5. The van der Waals surface area contributed by atoms with E-state index in [0.717, 1.165) is 22.4 Å².